The first-order valence-corrected chi connectivity index (χ1v) is 22.3. The largest absolute Gasteiger partial charge is 0.313 e. The van der Waals surface area contributed by atoms with Gasteiger partial charge < -0.3 is 9.13 Å². The molecule has 3 aromatic heterocycles. The Labute approximate surface area is 358 Å². The molecule has 0 bridgehead atoms. The van der Waals surface area contributed by atoms with Crippen molar-refractivity contribution in [2.45, 2.75) is 25.2 Å². The lowest BCUT2D eigenvalue weighted by atomic mass is 9.80. The SMILES string of the molecule is C1=Cc2c(n(-c3ccccc3)c3ccc(C4=CC(c5cccc6ccccc56)CC(c5ccc6c7ccccc7n(-c7cccc8c7sc7ccccc78)c6c5)=C4)cc23)CC1. The summed E-state index contributed by atoms with van der Waals surface area (Å²) in [5, 5.41) is 9.13. The standard InChI is InChI=1S/C58H40N2S/c1-2-16-43(17-3-1)59-52-24-9-7-20-47(52)51-35-38(29-31-54(51)59)40-32-41(34-42(33-40)45-22-12-15-37-14-4-5-18-44(37)45)39-28-30-48-46-19-6-10-25-53(46)60(56(48)36-39)55-26-13-23-50-49-21-8-11-27-57(49)61-58(50)55/h1-8,10-23,25-33,35-36,42H,9,24,34H2. The minimum absolute atomic E-state index is 0.202. The average molecular weight is 797 g/mol. The van der Waals surface area contributed by atoms with Crippen LogP contribution in [0, 0.1) is 0 Å². The third kappa shape index (κ3) is 5.40. The zero-order valence-corrected chi connectivity index (χ0v) is 34.4. The molecule has 1 unspecified atom stereocenters. The van der Waals surface area contributed by atoms with E-state index in [0.29, 0.717) is 0 Å². The van der Waals surface area contributed by atoms with Gasteiger partial charge in [0.15, 0.2) is 0 Å². The topological polar surface area (TPSA) is 9.86 Å². The summed E-state index contributed by atoms with van der Waals surface area (Å²) in [4.78, 5) is 0. The van der Waals surface area contributed by atoms with E-state index in [9.17, 15) is 0 Å². The Morgan fingerprint density at radius 1 is 0.525 bits per heavy atom. The second kappa shape index (κ2) is 13.7. The van der Waals surface area contributed by atoms with Gasteiger partial charge >= 0.3 is 0 Å². The molecule has 3 heterocycles. The summed E-state index contributed by atoms with van der Waals surface area (Å²) in [6.45, 7) is 0. The van der Waals surface area contributed by atoms with Gasteiger partial charge in [0.05, 0.1) is 26.9 Å². The van der Waals surface area contributed by atoms with Gasteiger partial charge in [-0.15, -0.1) is 11.3 Å². The molecule has 0 fully saturated rings. The smallest absolute Gasteiger partial charge is 0.0640 e. The first kappa shape index (κ1) is 34.6. The molecule has 0 amide bonds. The minimum Gasteiger partial charge on any atom is -0.313 e. The van der Waals surface area contributed by atoms with Crippen LogP contribution in [0.1, 0.15) is 46.7 Å². The Kier molecular flexibility index (Phi) is 7.76. The molecule has 288 valence electrons. The van der Waals surface area contributed by atoms with Crippen LogP contribution in [-0.4, -0.2) is 9.13 Å². The van der Waals surface area contributed by atoms with Gasteiger partial charge in [-0.3, -0.25) is 0 Å². The van der Waals surface area contributed by atoms with Gasteiger partial charge in [-0.2, -0.15) is 0 Å². The number of fused-ring (bicyclic) bond motifs is 10. The van der Waals surface area contributed by atoms with E-state index in [0.717, 1.165) is 19.3 Å². The van der Waals surface area contributed by atoms with Crippen LogP contribution >= 0.6 is 11.3 Å². The average Bonchev–Trinajstić information content (AvgIpc) is 3.99. The number of hydrogen-bond acceptors (Lipinski definition) is 1. The predicted molar refractivity (Wildman–Crippen MR) is 262 cm³/mol. The van der Waals surface area contributed by atoms with Gasteiger partial charge in [0.1, 0.15) is 0 Å². The zero-order valence-electron chi connectivity index (χ0n) is 33.6. The van der Waals surface area contributed by atoms with Gasteiger partial charge in [-0.05, 0) is 106 Å². The highest BCUT2D eigenvalue weighted by atomic mass is 32.1. The molecule has 0 saturated carbocycles. The van der Waals surface area contributed by atoms with Gasteiger partial charge in [-0.1, -0.05) is 152 Å². The fraction of sp³-hybridized carbons (Fsp3) is 0.0690. The van der Waals surface area contributed by atoms with E-state index >= 15 is 0 Å². The lowest BCUT2D eigenvalue weighted by molar-refractivity contribution is 0.879. The molecule has 13 rings (SSSR count). The van der Waals surface area contributed by atoms with Gasteiger partial charge in [0.2, 0.25) is 0 Å². The quantitative estimate of drug-likeness (QED) is 0.164. The monoisotopic (exact) mass is 796 g/mol. The highest BCUT2D eigenvalue weighted by Crippen LogP contribution is 2.45. The lowest BCUT2D eigenvalue weighted by Gasteiger charge is -2.24. The summed E-state index contributed by atoms with van der Waals surface area (Å²) in [6, 6.07) is 65.5. The molecule has 0 aliphatic heterocycles. The van der Waals surface area contributed by atoms with Gasteiger partial charge in [0.25, 0.3) is 0 Å². The third-order valence-corrected chi connectivity index (χ3v) is 14.5. The number of hydrogen-bond donors (Lipinski definition) is 0. The molecule has 0 N–H and O–H groups in total. The summed E-state index contributed by atoms with van der Waals surface area (Å²) in [6.07, 6.45) is 12.7. The maximum atomic E-state index is 2.54. The van der Waals surface area contributed by atoms with E-state index in [1.807, 2.05) is 11.3 Å². The molecular weight excluding hydrogens is 757 g/mol. The molecule has 1 atom stereocenters. The normalized spacial score (nSPS) is 15.3. The van der Waals surface area contributed by atoms with Crippen molar-refractivity contribution in [2.24, 2.45) is 0 Å². The zero-order chi connectivity index (χ0) is 40.0. The van der Waals surface area contributed by atoms with E-state index in [1.54, 1.807) is 0 Å². The molecule has 0 spiro atoms. The maximum absolute atomic E-state index is 2.54. The van der Waals surface area contributed by atoms with E-state index < -0.39 is 0 Å². The first-order valence-electron chi connectivity index (χ1n) is 21.5. The fourth-order valence-electron chi connectivity index (χ4n) is 10.6. The van der Waals surface area contributed by atoms with Crippen molar-refractivity contribution < 1.29 is 0 Å². The van der Waals surface area contributed by atoms with Crippen molar-refractivity contribution >= 4 is 92.2 Å². The lowest BCUT2D eigenvalue weighted by Crippen LogP contribution is -2.05. The molecule has 61 heavy (non-hydrogen) atoms. The molecule has 0 saturated heterocycles. The molecule has 2 aliphatic rings. The first-order chi connectivity index (χ1) is 30.2. The van der Waals surface area contributed by atoms with E-state index in [-0.39, 0.29) is 5.92 Å². The van der Waals surface area contributed by atoms with Crippen LogP contribution in [-0.2, 0) is 6.42 Å². The Balaban J connectivity index is 1.02. The predicted octanol–water partition coefficient (Wildman–Crippen LogP) is 15.9. The number of allylic oxidation sites excluding steroid dienone is 5. The summed E-state index contributed by atoms with van der Waals surface area (Å²) >= 11 is 1.90. The second-order valence-corrected chi connectivity index (χ2v) is 17.8. The molecule has 0 radical (unpaired) electrons. The summed E-state index contributed by atoms with van der Waals surface area (Å²) in [5.41, 5.74) is 15.5. The molecule has 3 heteroatoms. The molecular formula is C58H40N2S. The van der Waals surface area contributed by atoms with Crippen LogP contribution in [0.2, 0.25) is 0 Å². The van der Waals surface area contributed by atoms with Gasteiger partial charge in [-0.25, -0.2) is 0 Å². The van der Waals surface area contributed by atoms with Crippen LogP contribution < -0.4 is 0 Å². The summed E-state index contributed by atoms with van der Waals surface area (Å²) in [7, 11) is 0. The van der Waals surface area contributed by atoms with Crippen molar-refractivity contribution in [1.82, 2.24) is 9.13 Å². The second-order valence-electron chi connectivity index (χ2n) is 16.7. The summed E-state index contributed by atoms with van der Waals surface area (Å²) < 4.78 is 7.66. The van der Waals surface area contributed by atoms with E-state index in [1.165, 1.54) is 114 Å². The molecule has 2 nitrogen and oxygen atoms in total. The fourth-order valence-corrected chi connectivity index (χ4v) is 11.8. The number of nitrogens with zero attached hydrogens (tertiary/aromatic N) is 2. The van der Waals surface area contributed by atoms with Crippen LogP contribution in [0.4, 0.5) is 0 Å². The maximum Gasteiger partial charge on any atom is 0.0640 e. The van der Waals surface area contributed by atoms with Gasteiger partial charge in [0, 0.05) is 54.5 Å². The van der Waals surface area contributed by atoms with E-state index in [4.69, 9.17) is 0 Å². The van der Waals surface area contributed by atoms with Crippen molar-refractivity contribution in [3.63, 3.8) is 0 Å². The van der Waals surface area contributed by atoms with Crippen LogP contribution in [0.15, 0.2) is 194 Å². The number of benzene rings is 8. The van der Waals surface area contributed by atoms with Crippen LogP contribution in [0.3, 0.4) is 0 Å². The number of para-hydroxylation sites is 2. The Morgan fingerprint density at radius 2 is 1.26 bits per heavy atom. The van der Waals surface area contributed by atoms with Crippen molar-refractivity contribution in [3.05, 3.63) is 222 Å². The number of rotatable bonds is 5. The van der Waals surface area contributed by atoms with Crippen LogP contribution in [0.5, 0.6) is 0 Å². The van der Waals surface area contributed by atoms with Crippen molar-refractivity contribution in [2.75, 3.05) is 0 Å². The third-order valence-electron chi connectivity index (χ3n) is 13.3. The summed E-state index contributed by atoms with van der Waals surface area (Å²) in [5.74, 6) is 0.202. The van der Waals surface area contributed by atoms with Crippen molar-refractivity contribution in [3.8, 4) is 11.4 Å². The van der Waals surface area contributed by atoms with Crippen molar-refractivity contribution in [1.29, 1.82) is 0 Å². The molecule has 2 aliphatic carbocycles. The van der Waals surface area contributed by atoms with E-state index in [2.05, 4.69) is 209 Å². The minimum atomic E-state index is 0.202. The van der Waals surface area contributed by atoms with Crippen LogP contribution in [0.25, 0.3) is 92.3 Å². The molecule has 11 aromatic rings. The Hall–Kier alpha value is -7.20. The number of aromatic nitrogens is 2. The Bertz CT molecular complexity index is 3670. The number of thiophene rings is 1. The highest BCUT2D eigenvalue weighted by molar-refractivity contribution is 7.26. The Morgan fingerprint density at radius 3 is 2.20 bits per heavy atom. The molecule has 8 aromatic carbocycles. The highest BCUT2D eigenvalue weighted by Gasteiger charge is 2.25.